The van der Waals surface area contributed by atoms with Gasteiger partial charge in [-0.3, -0.25) is 4.79 Å². The highest BCUT2D eigenvalue weighted by molar-refractivity contribution is 6.02. The fraction of sp³-hybridized carbons (Fsp3) is 0.350. The molecule has 156 valence electrons. The molecule has 0 fully saturated rings. The van der Waals surface area contributed by atoms with E-state index in [4.69, 9.17) is 18.6 Å². The zero-order chi connectivity index (χ0) is 21.6. The van der Waals surface area contributed by atoms with Gasteiger partial charge in [-0.2, -0.15) is 0 Å². The molecule has 1 N–H and O–H groups in total. The first-order valence-corrected chi connectivity index (χ1v) is 8.71. The molecule has 9 nitrogen and oxygen atoms in total. The summed E-state index contributed by atoms with van der Waals surface area (Å²) in [7, 11) is 4.10. The molecule has 1 aromatic carbocycles. The molecule has 29 heavy (non-hydrogen) atoms. The van der Waals surface area contributed by atoms with Crippen LogP contribution in [0.4, 0.5) is 5.69 Å². The zero-order valence-electron chi connectivity index (χ0n) is 16.9. The van der Waals surface area contributed by atoms with Crippen LogP contribution in [0.25, 0.3) is 0 Å². The fourth-order valence-electron chi connectivity index (χ4n) is 2.38. The second kappa shape index (κ2) is 9.63. The van der Waals surface area contributed by atoms with Crippen molar-refractivity contribution in [3.63, 3.8) is 0 Å². The third-order valence-corrected chi connectivity index (χ3v) is 4.01. The van der Waals surface area contributed by atoms with Crippen LogP contribution in [0.5, 0.6) is 11.5 Å². The molecule has 0 aliphatic carbocycles. The van der Waals surface area contributed by atoms with Gasteiger partial charge >= 0.3 is 11.9 Å². The SMILES string of the molecule is COC(=O)c1ccoc1COC(=O)c1cc(OC)c(OC)cc1NC(=O)C(C)C. The van der Waals surface area contributed by atoms with Crippen LogP contribution >= 0.6 is 0 Å². The number of rotatable bonds is 8. The van der Waals surface area contributed by atoms with Gasteiger partial charge in [0.2, 0.25) is 5.91 Å². The molecule has 0 aliphatic heterocycles. The molecule has 0 bridgehead atoms. The first-order chi connectivity index (χ1) is 13.8. The normalized spacial score (nSPS) is 10.4. The molecular formula is C20H23NO8. The number of anilines is 1. The van der Waals surface area contributed by atoms with Crippen LogP contribution in [0.2, 0.25) is 0 Å². The van der Waals surface area contributed by atoms with Crippen LogP contribution in [-0.2, 0) is 20.9 Å². The molecule has 0 spiro atoms. The first-order valence-electron chi connectivity index (χ1n) is 8.71. The smallest absolute Gasteiger partial charge is 0.341 e. The van der Waals surface area contributed by atoms with Gasteiger partial charge in [0.15, 0.2) is 23.9 Å². The van der Waals surface area contributed by atoms with Gasteiger partial charge in [0, 0.05) is 18.1 Å². The Bertz CT molecular complexity index is 900. The summed E-state index contributed by atoms with van der Waals surface area (Å²) >= 11 is 0. The van der Waals surface area contributed by atoms with Crippen molar-refractivity contribution < 1.29 is 37.7 Å². The van der Waals surface area contributed by atoms with E-state index in [1.807, 2.05) is 0 Å². The average molecular weight is 405 g/mol. The Morgan fingerprint density at radius 2 is 1.66 bits per heavy atom. The van der Waals surface area contributed by atoms with E-state index in [-0.39, 0.29) is 46.8 Å². The number of esters is 2. The number of amides is 1. The summed E-state index contributed by atoms with van der Waals surface area (Å²) in [5.74, 6) is -1.20. The van der Waals surface area contributed by atoms with Crippen molar-refractivity contribution in [2.75, 3.05) is 26.6 Å². The van der Waals surface area contributed by atoms with E-state index < -0.39 is 11.9 Å². The standard InChI is InChI=1S/C20H23NO8/c1-11(2)18(22)21-14-9-16(26-4)15(25-3)8-13(14)20(24)29-10-17-12(6-7-28-17)19(23)27-5/h6-9,11H,10H2,1-5H3,(H,21,22). The number of ether oxygens (including phenoxy) is 4. The summed E-state index contributed by atoms with van der Waals surface area (Å²) in [6.45, 7) is 3.14. The van der Waals surface area contributed by atoms with Crippen molar-refractivity contribution in [1.82, 2.24) is 0 Å². The number of hydrogen-bond donors (Lipinski definition) is 1. The summed E-state index contributed by atoms with van der Waals surface area (Å²) in [5.41, 5.74) is 0.419. The van der Waals surface area contributed by atoms with E-state index in [1.165, 1.54) is 45.8 Å². The Morgan fingerprint density at radius 1 is 1.00 bits per heavy atom. The molecule has 0 saturated carbocycles. The topological polar surface area (TPSA) is 113 Å². The fourth-order valence-corrected chi connectivity index (χ4v) is 2.38. The van der Waals surface area contributed by atoms with E-state index in [0.717, 1.165) is 0 Å². The quantitative estimate of drug-likeness (QED) is 0.667. The third kappa shape index (κ3) is 5.07. The molecule has 0 aliphatic rings. The number of carbonyl (C=O) groups is 3. The maximum atomic E-state index is 12.7. The first kappa shape index (κ1) is 21.8. The van der Waals surface area contributed by atoms with Gasteiger partial charge in [0.25, 0.3) is 0 Å². The summed E-state index contributed by atoms with van der Waals surface area (Å²) < 4.78 is 25.6. The molecule has 2 aromatic rings. The van der Waals surface area contributed by atoms with Gasteiger partial charge < -0.3 is 28.7 Å². The molecule has 1 heterocycles. The van der Waals surface area contributed by atoms with Crippen LogP contribution in [0, 0.1) is 5.92 Å². The van der Waals surface area contributed by atoms with Crippen molar-refractivity contribution in [2.45, 2.75) is 20.5 Å². The van der Waals surface area contributed by atoms with Crippen molar-refractivity contribution in [2.24, 2.45) is 5.92 Å². The molecule has 0 saturated heterocycles. The minimum atomic E-state index is -0.753. The van der Waals surface area contributed by atoms with Crippen molar-refractivity contribution in [1.29, 1.82) is 0 Å². The second-order valence-corrected chi connectivity index (χ2v) is 6.22. The molecule has 0 radical (unpaired) electrons. The van der Waals surface area contributed by atoms with E-state index >= 15 is 0 Å². The summed E-state index contributed by atoms with van der Waals surface area (Å²) in [6.07, 6.45) is 1.29. The Morgan fingerprint density at radius 3 is 2.24 bits per heavy atom. The Kier molecular flexibility index (Phi) is 7.24. The maximum absolute atomic E-state index is 12.7. The van der Waals surface area contributed by atoms with Crippen molar-refractivity contribution in [3.8, 4) is 11.5 Å². The second-order valence-electron chi connectivity index (χ2n) is 6.22. The van der Waals surface area contributed by atoms with E-state index in [2.05, 4.69) is 10.1 Å². The highest BCUT2D eigenvalue weighted by atomic mass is 16.5. The average Bonchev–Trinajstić information content (AvgIpc) is 3.19. The van der Waals surface area contributed by atoms with Crippen LogP contribution in [-0.4, -0.2) is 39.2 Å². The van der Waals surface area contributed by atoms with Gasteiger partial charge in [-0.1, -0.05) is 13.8 Å². The third-order valence-electron chi connectivity index (χ3n) is 4.01. The van der Waals surface area contributed by atoms with E-state index in [9.17, 15) is 14.4 Å². The number of methoxy groups -OCH3 is 3. The highest BCUT2D eigenvalue weighted by Gasteiger charge is 2.22. The summed E-state index contributed by atoms with van der Waals surface area (Å²) in [5, 5.41) is 2.68. The van der Waals surface area contributed by atoms with Gasteiger partial charge in [0.05, 0.1) is 38.8 Å². The van der Waals surface area contributed by atoms with Crippen LogP contribution < -0.4 is 14.8 Å². The predicted octanol–water partition coefficient (Wildman–Crippen LogP) is 3.03. The summed E-state index contributed by atoms with van der Waals surface area (Å²) in [4.78, 5) is 36.5. The van der Waals surface area contributed by atoms with Crippen LogP contribution in [0.1, 0.15) is 40.3 Å². The Balaban J connectivity index is 2.31. The van der Waals surface area contributed by atoms with Gasteiger partial charge in [-0.15, -0.1) is 0 Å². The predicted molar refractivity (Wildman–Crippen MR) is 102 cm³/mol. The van der Waals surface area contributed by atoms with E-state index in [0.29, 0.717) is 5.75 Å². The Hall–Kier alpha value is -3.49. The zero-order valence-corrected chi connectivity index (χ0v) is 16.9. The number of carbonyl (C=O) groups excluding carboxylic acids is 3. The summed E-state index contributed by atoms with van der Waals surface area (Å²) in [6, 6.07) is 4.29. The molecule has 1 aromatic heterocycles. The monoisotopic (exact) mass is 405 g/mol. The van der Waals surface area contributed by atoms with Crippen LogP contribution in [0.15, 0.2) is 28.9 Å². The highest BCUT2D eigenvalue weighted by Crippen LogP contribution is 2.34. The molecule has 0 unspecified atom stereocenters. The minimum absolute atomic E-state index is 0.0582. The number of hydrogen-bond acceptors (Lipinski definition) is 8. The van der Waals surface area contributed by atoms with E-state index in [1.54, 1.807) is 13.8 Å². The Labute approximate surface area is 167 Å². The number of nitrogens with one attached hydrogen (secondary N) is 1. The number of furan rings is 1. The lowest BCUT2D eigenvalue weighted by atomic mass is 10.1. The molecular weight excluding hydrogens is 382 g/mol. The lowest BCUT2D eigenvalue weighted by Gasteiger charge is -2.16. The van der Waals surface area contributed by atoms with Crippen LogP contribution in [0.3, 0.4) is 0 Å². The van der Waals surface area contributed by atoms with Crippen molar-refractivity contribution in [3.05, 3.63) is 41.3 Å². The molecule has 2 rings (SSSR count). The number of benzene rings is 1. The lowest BCUT2D eigenvalue weighted by molar-refractivity contribution is -0.118. The lowest BCUT2D eigenvalue weighted by Crippen LogP contribution is -2.20. The molecule has 1 amide bonds. The van der Waals surface area contributed by atoms with Gasteiger partial charge in [-0.25, -0.2) is 9.59 Å². The minimum Gasteiger partial charge on any atom is -0.493 e. The molecule has 9 heteroatoms. The maximum Gasteiger partial charge on any atom is 0.341 e. The molecule has 0 atom stereocenters. The van der Waals surface area contributed by atoms with Gasteiger partial charge in [0.1, 0.15) is 5.56 Å². The largest absolute Gasteiger partial charge is 0.493 e. The van der Waals surface area contributed by atoms with Gasteiger partial charge in [-0.05, 0) is 6.07 Å². The van der Waals surface area contributed by atoms with Crippen molar-refractivity contribution >= 4 is 23.5 Å².